The molecule has 2 aromatic carbocycles. The zero-order chi connectivity index (χ0) is 18.6. The Morgan fingerprint density at radius 2 is 1.58 bits per heavy atom. The summed E-state index contributed by atoms with van der Waals surface area (Å²) in [6.07, 6.45) is 5.32. The van der Waals surface area contributed by atoms with Crippen LogP contribution in [0.1, 0.15) is 32.1 Å². The normalized spacial score (nSPS) is 15.4. The van der Waals surface area contributed by atoms with Crippen LogP contribution in [-0.2, 0) is 14.8 Å². The minimum Gasteiger partial charge on any atom is -0.326 e. The quantitative estimate of drug-likeness (QED) is 0.862. The van der Waals surface area contributed by atoms with E-state index in [1.54, 1.807) is 54.6 Å². The lowest BCUT2D eigenvalue weighted by atomic mass is 9.88. The highest BCUT2D eigenvalue weighted by atomic mass is 32.2. The van der Waals surface area contributed by atoms with Gasteiger partial charge in [0, 0.05) is 18.7 Å². The smallest absolute Gasteiger partial charge is 0.264 e. The highest BCUT2D eigenvalue weighted by Gasteiger charge is 2.22. The molecule has 1 saturated carbocycles. The van der Waals surface area contributed by atoms with Crippen LogP contribution in [0.2, 0.25) is 0 Å². The lowest BCUT2D eigenvalue weighted by molar-refractivity contribution is -0.120. The van der Waals surface area contributed by atoms with Crippen LogP contribution in [0.25, 0.3) is 0 Å². The average molecular weight is 372 g/mol. The number of carbonyl (C=O) groups excluding carboxylic acids is 1. The Morgan fingerprint density at radius 1 is 0.962 bits per heavy atom. The molecule has 1 N–H and O–H groups in total. The molecule has 0 spiro atoms. The van der Waals surface area contributed by atoms with E-state index in [9.17, 15) is 13.2 Å². The molecule has 0 heterocycles. The maximum atomic E-state index is 12.7. The number of carbonyl (C=O) groups is 1. The van der Waals surface area contributed by atoms with Gasteiger partial charge < -0.3 is 5.32 Å². The van der Waals surface area contributed by atoms with Gasteiger partial charge >= 0.3 is 0 Å². The monoisotopic (exact) mass is 372 g/mol. The van der Waals surface area contributed by atoms with Crippen LogP contribution in [0.5, 0.6) is 0 Å². The van der Waals surface area contributed by atoms with Crippen LogP contribution in [0.15, 0.2) is 59.5 Å². The van der Waals surface area contributed by atoms with Crippen molar-refractivity contribution >= 4 is 27.3 Å². The van der Waals surface area contributed by atoms with Crippen LogP contribution in [0.4, 0.5) is 11.4 Å². The first-order valence-electron chi connectivity index (χ1n) is 8.93. The van der Waals surface area contributed by atoms with Crippen molar-refractivity contribution in [3.05, 3.63) is 54.6 Å². The minimum atomic E-state index is -3.60. The van der Waals surface area contributed by atoms with Gasteiger partial charge in [0.15, 0.2) is 0 Å². The van der Waals surface area contributed by atoms with E-state index in [2.05, 4.69) is 5.32 Å². The topological polar surface area (TPSA) is 66.5 Å². The van der Waals surface area contributed by atoms with Crippen molar-refractivity contribution in [2.24, 2.45) is 5.92 Å². The summed E-state index contributed by atoms with van der Waals surface area (Å²) in [5.74, 6) is 0.146. The van der Waals surface area contributed by atoms with E-state index >= 15 is 0 Å². The first-order chi connectivity index (χ1) is 12.5. The summed E-state index contributed by atoms with van der Waals surface area (Å²) >= 11 is 0. The first-order valence-corrected chi connectivity index (χ1v) is 10.4. The zero-order valence-electron chi connectivity index (χ0n) is 14.9. The zero-order valence-corrected chi connectivity index (χ0v) is 15.7. The number of nitrogens with zero attached hydrogens (tertiary/aromatic N) is 1. The molecule has 0 saturated heterocycles. The van der Waals surface area contributed by atoms with Crippen molar-refractivity contribution in [1.29, 1.82) is 0 Å². The standard InChI is InChI=1S/C20H24N2O3S/c1-22(26(24,25)19-10-6-3-7-11-19)18-14-12-17(13-15-18)21-20(23)16-8-4-2-5-9-16/h3,6-7,10-16H,2,4-5,8-9H2,1H3,(H,21,23). The van der Waals surface area contributed by atoms with Crippen LogP contribution < -0.4 is 9.62 Å². The summed E-state index contributed by atoms with van der Waals surface area (Å²) in [4.78, 5) is 12.6. The lowest BCUT2D eigenvalue weighted by Gasteiger charge is -2.22. The molecule has 0 aromatic heterocycles. The third-order valence-electron chi connectivity index (χ3n) is 4.88. The summed E-state index contributed by atoms with van der Waals surface area (Å²) < 4.78 is 26.6. The van der Waals surface area contributed by atoms with Crippen LogP contribution in [0, 0.1) is 5.92 Å². The number of benzene rings is 2. The van der Waals surface area contributed by atoms with E-state index in [1.165, 1.54) is 17.8 Å². The molecule has 1 amide bonds. The molecule has 0 radical (unpaired) electrons. The third kappa shape index (κ3) is 4.07. The second kappa shape index (κ2) is 7.91. The molecular weight excluding hydrogens is 348 g/mol. The summed E-state index contributed by atoms with van der Waals surface area (Å²) in [5, 5.41) is 2.94. The van der Waals surface area contributed by atoms with Gasteiger partial charge in [-0.1, -0.05) is 37.5 Å². The molecule has 2 aromatic rings. The Balaban J connectivity index is 1.70. The van der Waals surface area contributed by atoms with Crippen molar-refractivity contribution in [1.82, 2.24) is 0 Å². The molecule has 1 aliphatic carbocycles. The molecule has 0 bridgehead atoms. The maximum absolute atomic E-state index is 12.7. The van der Waals surface area contributed by atoms with Crippen molar-refractivity contribution in [3.63, 3.8) is 0 Å². The van der Waals surface area contributed by atoms with Gasteiger partial charge in [0.05, 0.1) is 10.6 Å². The van der Waals surface area contributed by atoms with E-state index in [0.29, 0.717) is 11.4 Å². The van der Waals surface area contributed by atoms with Crippen LogP contribution in [-0.4, -0.2) is 21.4 Å². The number of nitrogens with one attached hydrogen (secondary N) is 1. The van der Waals surface area contributed by atoms with Gasteiger partial charge in [-0.15, -0.1) is 0 Å². The molecule has 0 aliphatic heterocycles. The van der Waals surface area contributed by atoms with Crippen molar-refractivity contribution < 1.29 is 13.2 Å². The summed E-state index contributed by atoms with van der Waals surface area (Å²) in [7, 11) is -2.07. The molecule has 6 heteroatoms. The Hall–Kier alpha value is -2.34. The molecule has 0 atom stereocenters. The minimum absolute atomic E-state index is 0.0581. The average Bonchev–Trinajstić information content (AvgIpc) is 2.69. The number of hydrogen-bond donors (Lipinski definition) is 1. The molecule has 1 fully saturated rings. The third-order valence-corrected chi connectivity index (χ3v) is 6.68. The SMILES string of the molecule is CN(c1ccc(NC(=O)C2CCCCC2)cc1)S(=O)(=O)c1ccccc1. The Bertz CT molecular complexity index is 842. The Morgan fingerprint density at radius 3 is 2.19 bits per heavy atom. The summed E-state index contributed by atoms with van der Waals surface area (Å²) in [5.41, 5.74) is 1.24. The van der Waals surface area contributed by atoms with Crippen molar-refractivity contribution in [2.75, 3.05) is 16.7 Å². The second-order valence-corrected chi connectivity index (χ2v) is 8.63. The predicted octanol–water partition coefficient (Wildman–Crippen LogP) is 4.03. The summed E-state index contributed by atoms with van der Waals surface area (Å²) in [6, 6.07) is 15.2. The molecule has 0 unspecified atom stereocenters. The maximum Gasteiger partial charge on any atom is 0.264 e. The van der Waals surface area contributed by atoms with Crippen LogP contribution in [0.3, 0.4) is 0 Å². The van der Waals surface area contributed by atoms with Gasteiger partial charge in [-0.3, -0.25) is 9.10 Å². The summed E-state index contributed by atoms with van der Waals surface area (Å²) in [6.45, 7) is 0. The van der Waals surface area contributed by atoms with E-state index in [1.807, 2.05) is 0 Å². The molecular formula is C20H24N2O3S. The number of rotatable bonds is 5. The van der Waals surface area contributed by atoms with Gasteiger partial charge in [-0.2, -0.15) is 0 Å². The molecule has 1 aliphatic rings. The fourth-order valence-electron chi connectivity index (χ4n) is 3.25. The molecule has 26 heavy (non-hydrogen) atoms. The largest absolute Gasteiger partial charge is 0.326 e. The number of hydrogen-bond acceptors (Lipinski definition) is 3. The van der Waals surface area contributed by atoms with Gasteiger partial charge in [-0.05, 0) is 49.2 Å². The number of anilines is 2. The van der Waals surface area contributed by atoms with E-state index < -0.39 is 10.0 Å². The first kappa shape index (κ1) is 18.5. The fourth-order valence-corrected chi connectivity index (χ4v) is 4.47. The molecule has 138 valence electrons. The Kier molecular flexibility index (Phi) is 5.61. The number of amides is 1. The lowest BCUT2D eigenvalue weighted by Crippen LogP contribution is -2.26. The van der Waals surface area contributed by atoms with Crippen molar-refractivity contribution in [3.8, 4) is 0 Å². The van der Waals surface area contributed by atoms with Crippen molar-refractivity contribution in [2.45, 2.75) is 37.0 Å². The fraction of sp³-hybridized carbons (Fsp3) is 0.350. The highest BCUT2D eigenvalue weighted by molar-refractivity contribution is 7.92. The van der Waals surface area contributed by atoms with E-state index in [4.69, 9.17) is 0 Å². The van der Waals surface area contributed by atoms with Gasteiger partial charge in [0.25, 0.3) is 10.0 Å². The second-order valence-electron chi connectivity index (χ2n) is 6.66. The van der Waals surface area contributed by atoms with Crippen LogP contribution >= 0.6 is 0 Å². The molecule has 3 rings (SSSR count). The number of sulfonamides is 1. The predicted molar refractivity (Wildman–Crippen MR) is 104 cm³/mol. The van der Waals surface area contributed by atoms with Gasteiger partial charge in [-0.25, -0.2) is 8.42 Å². The Labute approximate surface area is 155 Å². The highest BCUT2D eigenvalue weighted by Crippen LogP contribution is 2.26. The van der Waals surface area contributed by atoms with E-state index in [0.717, 1.165) is 25.7 Å². The van der Waals surface area contributed by atoms with Gasteiger partial charge in [0.1, 0.15) is 0 Å². The van der Waals surface area contributed by atoms with Gasteiger partial charge in [0.2, 0.25) is 5.91 Å². The molecule has 5 nitrogen and oxygen atoms in total. The van der Waals surface area contributed by atoms with E-state index in [-0.39, 0.29) is 16.7 Å².